The molecule has 2 aliphatic rings. The standard InChI is InChI=1S/C20H33NO6/c1-5-25-17(22)14-12-16(26-18(14)23)15(11-13-9-7-6-8-10-13)21-19(24)27-20(2,3)4/h13-16H,5-12H2,1-4H3,(H,21,24)/t14?,15-,16-/m0/s1. The van der Waals surface area contributed by atoms with Crippen LogP contribution in [0.25, 0.3) is 0 Å². The predicted octanol–water partition coefficient (Wildman–Crippen LogP) is 3.34. The Balaban J connectivity index is 2.05. The third kappa shape index (κ3) is 6.70. The van der Waals surface area contributed by atoms with Crippen LogP contribution < -0.4 is 5.32 Å². The van der Waals surface area contributed by atoms with Crippen LogP contribution in [0.4, 0.5) is 4.79 Å². The first-order valence-corrected chi connectivity index (χ1v) is 10.1. The summed E-state index contributed by atoms with van der Waals surface area (Å²) in [5.74, 6) is -1.57. The van der Waals surface area contributed by atoms with Crippen molar-refractivity contribution in [1.29, 1.82) is 0 Å². The Bertz CT molecular complexity index is 535. The Kier molecular flexibility index (Phi) is 7.50. The van der Waals surface area contributed by atoms with Crippen LogP contribution in [0.1, 0.15) is 72.6 Å². The molecule has 1 N–H and O–H groups in total. The van der Waals surface area contributed by atoms with Crippen LogP contribution in [0.5, 0.6) is 0 Å². The van der Waals surface area contributed by atoms with Crippen LogP contribution in [0, 0.1) is 11.8 Å². The molecule has 0 bridgehead atoms. The molecule has 0 spiro atoms. The van der Waals surface area contributed by atoms with Crippen molar-refractivity contribution in [3.63, 3.8) is 0 Å². The van der Waals surface area contributed by atoms with E-state index >= 15 is 0 Å². The Hall–Kier alpha value is -1.79. The molecule has 1 saturated heterocycles. The Morgan fingerprint density at radius 1 is 1.22 bits per heavy atom. The van der Waals surface area contributed by atoms with Crippen LogP contribution >= 0.6 is 0 Å². The third-order valence-electron chi connectivity index (χ3n) is 5.05. The molecule has 154 valence electrons. The van der Waals surface area contributed by atoms with Gasteiger partial charge < -0.3 is 19.5 Å². The fourth-order valence-electron chi connectivity index (χ4n) is 3.83. The topological polar surface area (TPSA) is 90.9 Å². The van der Waals surface area contributed by atoms with Crippen molar-refractivity contribution in [2.24, 2.45) is 11.8 Å². The van der Waals surface area contributed by atoms with Crippen molar-refractivity contribution < 1.29 is 28.6 Å². The molecule has 0 aromatic heterocycles. The number of cyclic esters (lactones) is 1. The van der Waals surface area contributed by atoms with Gasteiger partial charge in [0.2, 0.25) is 0 Å². The molecule has 0 aromatic rings. The number of alkyl carbamates (subject to hydrolysis) is 1. The van der Waals surface area contributed by atoms with E-state index < -0.39 is 35.7 Å². The highest BCUT2D eigenvalue weighted by molar-refractivity contribution is 5.96. The van der Waals surface area contributed by atoms with E-state index in [0.717, 1.165) is 12.8 Å². The lowest BCUT2D eigenvalue weighted by atomic mass is 9.83. The van der Waals surface area contributed by atoms with Gasteiger partial charge in [-0.25, -0.2) is 4.79 Å². The molecule has 1 unspecified atom stereocenters. The normalized spacial score (nSPS) is 24.8. The lowest BCUT2D eigenvalue weighted by molar-refractivity contribution is -0.156. The highest BCUT2D eigenvalue weighted by Crippen LogP contribution is 2.32. The maximum absolute atomic E-state index is 12.3. The minimum atomic E-state index is -0.913. The monoisotopic (exact) mass is 383 g/mol. The van der Waals surface area contributed by atoms with Gasteiger partial charge in [0.1, 0.15) is 11.7 Å². The van der Waals surface area contributed by atoms with Gasteiger partial charge in [-0.3, -0.25) is 9.59 Å². The van der Waals surface area contributed by atoms with Crippen molar-refractivity contribution in [2.45, 2.75) is 90.4 Å². The van der Waals surface area contributed by atoms with Gasteiger partial charge in [0, 0.05) is 6.42 Å². The fraction of sp³-hybridized carbons (Fsp3) is 0.850. The molecular formula is C20H33NO6. The number of nitrogens with one attached hydrogen (secondary N) is 1. The number of carbonyl (C=O) groups excluding carboxylic acids is 3. The van der Waals surface area contributed by atoms with E-state index in [0.29, 0.717) is 12.3 Å². The van der Waals surface area contributed by atoms with Gasteiger partial charge in [-0.1, -0.05) is 32.1 Å². The average Bonchev–Trinajstić information content (AvgIpc) is 2.95. The molecule has 1 aliphatic carbocycles. The molecule has 0 radical (unpaired) electrons. The molecule has 2 rings (SSSR count). The second kappa shape index (κ2) is 9.42. The number of hydrogen-bond donors (Lipinski definition) is 1. The SMILES string of the molecule is CCOC(=O)C1C[C@@H]([C@H](CC2CCCCC2)NC(=O)OC(C)(C)C)OC1=O. The molecule has 7 heteroatoms. The number of esters is 2. The maximum atomic E-state index is 12.3. The molecule has 1 aliphatic heterocycles. The van der Waals surface area contributed by atoms with Gasteiger partial charge in [0.15, 0.2) is 5.92 Å². The quantitative estimate of drug-likeness (QED) is 0.430. The smallest absolute Gasteiger partial charge is 0.408 e. The predicted molar refractivity (Wildman–Crippen MR) is 99.0 cm³/mol. The van der Waals surface area contributed by atoms with Crippen molar-refractivity contribution in [1.82, 2.24) is 5.32 Å². The first kappa shape index (κ1) is 21.5. The van der Waals surface area contributed by atoms with Gasteiger partial charge in [-0.15, -0.1) is 0 Å². The van der Waals surface area contributed by atoms with E-state index in [-0.39, 0.29) is 19.1 Å². The third-order valence-corrected chi connectivity index (χ3v) is 5.05. The van der Waals surface area contributed by atoms with Gasteiger partial charge in [0.25, 0.3) is 0 Å². The summed E-state index contributed by atoms with van der Waals surface area (Å²) in [4.78, 5) is 36.4. The zero-order valence-corrected chi connectivity index (χ0v) is 16.9. The van der Waals surface area contributed by atoms with Crippen molar-refractivity contribution in [3.05, 3.63) is 0 Å². The summed E-state index contributed by atoms with van der Waals surface area (Å²) >= 11 is 0. The second-order valence-corrected chi connectivity index (χ2v) is 8.51. The van der Waals surface area contributed by atoms with Crippen LogP contribution in [0.3, 0.4) is 0 Å². The molecule has 27 heavy (non-hydrogen) atoms. The van der Waals surface area contributed by atoms with Crippen molar-refractivity contribution in [2.75, 3.05) is 6.61 Å². The van der Waals surface area contributed by atoms with E-state index in [1.54, 1.807) is 27.7 Å². The van der Waals surface area contributed by atoms with Crippen LogP contribution in [0.15, 0.2) is 0 Å². The molecule has 3 atom stereocenters. The number of rotatable bonds is 6. The Morgan fingerprint density at radius 2 is 1.89 bits per heavy atom. The molecular weight excluding hydrogens is 350 g/mol. The lowest BCUT2D eigenvalue weighted by Crippen LogP contribution is -2.46. The van der Waals surface area contributed by atoms with Crippen molar-refractivity contribution >= 4 is 18.0 Å². The Labute approximate surface area is 161 Å². The first-order chi connectivity index (χ1) is 12.7. The summed E-state index contributed by atoms with van der Waals surface area (Å²) in [6.45, 7) is 7.32. The zero-order chi connectivity index (χ0) is 20.0. The molecule has 1 saturated carbocycles. The van der Waals surface area contributed by atoms with Gasteiger partial charge >= 0.3 is 18.0 Å². The summed E-state index contributed by atoms with van der Waals surface area (Å²) in [5.41, 5.74) is -0.612. The van der Waals surface area contributed by atoms with E-state index in [9.17, 15) is 14.4 Å². The maximum Gasteiger partial charge on any atom is 0.408 e. The minimum Gasteiger partial charge on any atom is -0.465 e. The highest BCUT2D eigenvalue weighted by Gasteiger charge is 2.45. The van der Waals surface area contributed by atoms with E-state index in [2.05, 4.69) is 5.32 Å². The van der Waals surface area contributed by atoms with Crippen molar-refractivity contribution in [3.8, 4) is 0 Å². The average molecular weight is 383 g/mol. The second-order valence-electron chi connectivity index (χ2n) is 8.51. The molecule has 0 aromatic carbocycles. The summed E-state index contributed by atoms with van der Waals surface area (Å²) in [6.07, 6.45) is 5.68. The van der Waals surface area contributed by atoms with Crippen LogP contribution in [-0.2, 0) is 23.8 Å². The van der Waals surface area contributed by atoms with Gasteiger partial charge in [-0.05, 0) is 40.0 Å². The minimum absolute atomic E-state index is 0.217. The number of hydrogen-bond acceptors (Lipinski definition) is 6. The molecule has 7 nitrogen and oxygen atoms in total. The Morgan fingerprint density at radius 3 is 2.48 bits per heavy atom. The zero-order valence-electron chi connectivity index (χ0n) is 16.9. The summed E-state index contributed by atoms with van der Waals surface area (Å²) < 4.78 is 15.8. The van der Waals surface area contributed by atoms with Crippen LogP contribution in [-0.4, -0.2) is 42.4 Å². The van der Waals surface area contributed by atoms with E-state index in [1.807, 2.05) is 0 Å². The van der Waals surface area contributed by atoms with E-state index in [1.165, 1.54) is 19.3 Å². The number of carbonyl (C=O) groups is 3. The number of ether oxygens (including phenoxy) is 3. The summed E-state index contributed by atoms with van der Waals surface area (Å²) in [7, 11) is 0. The number of amides is 1. The molecule has 2 fully saturated rings. The van der Waals surface area contributed by atoms with Crippen LogP contribution in [0.2, 0.25) is 0 Å². The highest BCUT2D eigenvalue weighted by atomic mass is 16.6. The molecule has 1 amide bonds. The first-order valence-electron chi connectivity index (χ1n) is 10.1. The largest absolute Gasteiger partial charge is 0.465 e. The van der Waals surface area contributed by atoms with E-state index in [4.69, 9.17) is 14.2 Å². The van der Waals surface area contributed by atoms with Gasteiger partial charge in [0.05, 0.1) is 12.6 Å². The summed E-state index contributed by atoms with van der Waals surface area (Å²) in [6, 6.07) is -0.369. The summed E-state index contributed by atoms with van der Waals surface area (Å²) in [5, 5.41) is 2.88. The lowest BCUT2D eigenvalue weighted by Gasteiger charge is -2.30. The van der Waals surface area contributed by atoms with Gasteiger partial charge in [-0.2, -0.15) is 0 Å². The molecule has 1 heterocycles. The fourth-order valence-corrected chi connectivity index (χ4v) is 3.83.